The average Bonchev–Trinajstić information content (AvgIpc) is 3.09. The van der Waals surface area contributed by atoms with Crippen LogP contribution in [0.5, 0.6) is 0 Å². The summed E-state index contributed by atoms with van der Waals surface area (Å²) in [4.78, 5) is 12.5. The molecule has 0 aromatic carbocycles. The van der Waals surface area contributed by atoms with Gasteiger partial charge in [-0.3, -0.25) is 14.8 Å². The van der Waals surface area contributed by atoms with Gasteiger partial charge < -0.3 is 15.0 Å². The van der Waals surface area contributed by atoms with E-state index in [1.165, 1.54) is 13.0 Å². The number of nitrogens with one attached hydrogen (secondary N) is 1. The first-order valence-corrected chi connectivity index (χ1v) is 11.1. The lowest BCUT2D eigenvalue weighted by molar-refractivity contribution is 0.0315. The highest BCUT2D eigenvalue weighted by Crippen LogP contribution is 2.18. The minimum Gasteiger partial charge on any atom is -0.379 e. The number of nitrogens with zero attached hydrogens (tertiary/aromatic N) is 4. The first-order chi connectivity index (χ1) is 13.0. The standard InChI is InChI=1S/C21H43N5O/c1-6-22-21(23-9-7-10-26(18(2)3)19(4)5)25-11-8-20(17-25)16-24-12-14-27-15-13-24/h18-20H,6-17H2,1-5H3,(H,22,23). The van der Waals surface area contributed by atoms with E-state index in [9.17, 15) is 0 Å². The molecule has 6 nitrogen and oxygen atoms in total. The van der Waals surface area contributed by atoms with Gasteiger partial charge in [-0.15, -0.1) is 0 Å². The Hall–Kier alpha value is -0.850. The van der Waals surface area contributed by atoms with E-state index in [1.54, 1.807) is 0 Å². The van der Waals surface area contributed by atoms with Crippen LogP contribution < -0.4 is 5.32 Å². The molecule has 0 aromatic heterocycles. The molecule has 2 aliphatic rings. The number of ether oxygens (including phenoxy) is 1. The summed E-state index contributed by atoms with van der Waals surface area (Å²) in [5.74, 6) is 1.87. The predicted molar refractivity (Wildman–Crippen MR) is 115 cm³/mol. The van der Waals surface area contributed by atoms with E-state index >= 15 is 0 Å². The van der Waals surface area contributed by atoms with Gasteiger partial charge in [0, 0.05) is 64.4 Å². The highest BCUT2D eigenvalue weighted by atomic mass is 16.5. The average molecular weight is 382 g/mol. The molecule has 158 valence electrons. The molecule has 1 atom stereocenters. The van der Waals surface area contributed by atoms with Gasteiger partial charge in [0.1, 0.15) is 0 Å². The summed E-state index contributed by atoms with van der Waals surface area (Å²) in [7, 11) is 0. The summed E-state index contributed by atoms with van der Waals surface area (Å²) in [5.41, 5.74) is 0. The maximum Gasteiger partial charge on any atom is 0.193 e. The molecule has 1 unspecified atom stereocenters. The Morgan fingerprint density at radius 3 is 2.48 bits per heavy atom. The van der Waals surface area contributed by atoms with E-state index in [4.69, 9.17) is 9.73 Å². The monoisotopic (exact) mass is 381 g/mol. The van der Waals surface area contributed by atoms with Crippen LogP contribution in [0.1, 0.15) is 47.5 Å². The van der Waals surface area contributed by atoms with Crippen LogP contribution in [-0.2, 0) is 4.74 Å². The molecule has 27 heavy (non-hydrogen) atoms. The van der Waals surface area contributed by atoms with Gasteiger partial charge >= 0.3 is 0 Å². The fourth-order valence-corrected chi connectivity index (χ4v) is 4.30. The molecule has 0 spiro atoms. The van der Waals surface area contributed by atoms with E-state index in [-0.39, 0.29) is 0 Å². The van der Waals surface area contributed by atoms with Gasteiger partial charge in [0.2, 0.25) is 0 Å². The topological polar surface area (TPSA) is 43.3 Å². The van der Waals surface area contributed by atoms with E-state index in [1.807, 2.05) is 0 Å². The van der Waals surface area contributed by atoms with Crippen molar-refractivity contribution >= 4 is 5.96 Å². The summed E-state index contributed by atoms with van der Waals surface area (Å²) in [6, 6.07) is 1.20. The highest BCUT2D eigenvalue weighted by molar-refractivity contribution is 5.80. The van der Waals surface area contributed by atoms with Crippen LogP contribution >= 0.6 is 0 Å². The van der Waals surface area contributed by atoms with Gasteiger partial charge in [-0.2, -0.15) is 0 Å². The Balaban J connectivity index is 1.78. The van der Waals surface area contributed by atoms with E-state index in [0.717, 1.165) is 77.3 Å². The van der Waals surface area contributed by atoms with Crippen LogP contribution in [0, 0.1) is 5.92 Å². The molecule has 0 radical (unpaired) electrons. The Morgan fingerprint density at radius 2 is 1.85 bits per heavy atom. The lowest BCUT2D eigenvalue weighted by Gasteiger charge is -2.30. The maximum atomic E-state index is 5.47. The summed E-state index contributed by atoms with van der Waals surface area (Å²) in [6.07, 6.45) is 2.40. The summed E-state index contributed by atoms with van der Waals surface area (Å²) in [6.45, 7) is 21.7. The fourth-order valence-electron chi connectivity index (χ4n) is 4.30. The minimum absolute atomic E-state index is 0.599. The van der Waals surface area contributed by atoms with Gasteiger partial charge in [0.15, 0.2) is 5.96 Å². The zero-order valence-corrected chi connectivity index (χ0v) is 18.4. The van der Waals surface area contributed by atoms with Crippen molar-refractivity contribution in [3.63, 3.8) is 0 Å². The number of aliphatic imine (C=N–C) groups is 1. The second kappa shape index (κ2) is 11.9. The molecule has 2 heterocycles. The third-order valence-electron chi connectivity index (χ3n) is 5.70. The van der Waals surface area contributed by atoms with Crippen molar-refractivity contribution in [3.05, 3.63) is 0 Å². The van der Waals surface area contributed by atoms with Gasteiger partial charge in [0.05, 0.1) is 13.2 Å². The molecule has 6 heteroatoms. The highest BCUT2D eigenvalue weighted by Gasteiger charge is 2.27. The molecule has 2 aliphatic heterocycles. The normalized spacial score (nSPS) is 22.4. The zero-order chi connectivity index (χ0) is 19.6. The molecule has 2 fully saturated rings. The Labute approximate surface area is 167 Å². The van der Waals surface area contributed by atoms with E-state index in [0.29, 0.717) is 12.1 Å². The van der Waals surface area contributed by atoms with Crippen LogP contribution in [0.3, 0.4) is 0 Å². The first-order valence-electron chi connectivity index (χ1n) is 11.1. The van der Waals surface area contributed by atoms with Gasteiger partial charge in [-0.25, -0.2) is 0 Å². The predicted octanol–water partition coefficient (Wildman–Crippen LogP) is 2.11. The van der Waals surface area contributed by atoms with Crippen LogP contribution in [0.4, 0.5) is 0 Å². The van der Waals surface area contributed by atoms with Crippen LogP contribution in [-0.4, -0.2) is 98.3 Å². The van der Waals surface area contributed by atoms with E-state index in [2.05, 4.69) is 54.6 Å². The van der Waals surface area contributed by atoms with Crippen molar-refractivity contribution in [2.75, 3.05) is 65.6 Å². The molecule has 0 bridgehead atoms. The van der Waals surface area contributed by atoms with Crippen molar-refractivity contribution in [1.82, 2.24) is 20.0 Å². The Kier molecular flexibility index (Phi) is 9.87. The summed E-state index contributed by atoms with van der Waals surface area (Å²) in [5, 5.41) is 3.51. The summed E-state index contributed by atoms with van der Waals surface area (Å²) >= 11 is 0. The molecule has 1 N–H and O–H groups in total. The molecule has 0 saturated carbocycles. The van der Waals surface area contributed by atoms with Crippen LogP contribution in [0.25, 0.3) is 0 Å². The Morgan fingerprint density at radius 1 is 1.15 bits per heavy atom. The largest absolute Gasteiger partial charge is 0.379 e. The van der Waals surface area contributed by atoms with Gasteiger partial charge in [-0.1, -0.05) is 0 Å². The first kappa shape index (κ1) is 22.4. The Bertz CT molecular complexity index is 426. The molecule has 0 aromatic rings. The SMILES string of the molecule is CCNC(=NCCCN(C(C)C)C(C)C)N1CCC(CN2CCOCC2)C1. The fraction of sp³-hybridized carbons (Fsp3) is 0.952. The number of guanidine groups is 1. The zero-order valence-electron chi connectivity index (χ0n) is 18.4. The molecular formula is C21H43N5O. The lowest BCUT2D eigenvalue weighted by atomic mass is 10.1. The lowest BCUT2D eigenvalue weighted by Crippen LogP contribution is -2.42. The maximum absolute atomic E-state index is 5.47. The third kappa shape index (κ3) is 7.59. The number of hydrogen-bond donors (Lipinski definition) is 1. The molecule has 2 rings (SSSR count). The third-order valence-corrected chi connectivity index (χ3v) is 5.70. The number of rotatable bonds is 9. The van der Waals surface area contributed by atoms with Crippen LogP contribution in [0.15, 0.2) is 4.99 Å². The quantitative estimate of drug-likeness (QED) is 0.376. The summed E-state index contributed by atoms with van der Waals surface area (Å²) < 4.78 is 5.47. The second-order valence-electron chi connectivity index (χ2n) is 8.53. The molecule has 0 aliphatic carbocycles. The number of hydrogen-bond acceptors (Lipinski definition) is 4. The van der Waals surface area contributed by atoms with Crippen molar-refractivity contribution in [2.45, 2.75) is 59.5 Å². The van der Waals surface area contributed by atoms with Crippen molar-refractivity contribution in [1.29, 1.82) is 0 Å². The van der Waals surface area contributed by atoms with Crippen molar-refractivity contribution in [3.8, 4) is 0 Å². The molecule has 2 saturated heterocycles. The van der Waals surface area contributed by atoms with Crippen molar-refractivity contribution in [2.24, 2.45) is 10.9 Å². The number of likely N-dealkylation sites (tertiary alicyclic amines) is 1. The van der Waals surface area contributed by atoms with E-state index < -0.39 is 0 Å². The van der Waals surface area contributed by atoms with Gasteiger partial charge in [0.25, 0.3) is 0 Å². The smallest absolute Gasteiger partial charge is 0.193 e. The molecule has 0 amide bonds. The van der Waals surface area contributed by atoms with Crippen LogP contribution in [0.2, 0.25) is 0 Å². The molecular weight excluding hydrogens is 338 g/mol. The van der Waals surface area contributed by atoms with Gasteiger partial charge in [-0.05, 0) is 53.4 Å². The second-order valence-corrected chi connectivity index (χ2v) is 8.53. The van der Waals surface area contributed by atoms with Crippen molar-refractivity contribution < 1.29 is 4.74 Å². The number of morpholine rings is 1. The minimum atomic E-state index is 0.599.